The Hall–Kier alpha value is -2.00. The summed E-state index contributed by atoms with van der Waals surface area (Å²) in [5.74, 6) is 1.87. The number of fused-ring (bicyclic) bond motifs is 5. The van der Waals surface area contributed by atoms with Crippen LogP contribution in [0.15, 0.2) is 18.2 Å². The first-order chi connectivity index (χ1) is 12.4. The lowest BCUT2D eigenvalue weighted by Gasteiger charge is -2.36. The van der Waals surface area contributed by atoms with Gasteiger partial charge in [0.2, 0.25) is 16.8 Å². The maximum absolute atomic E-state index is 12.7. The molecule has 1 aromatic carbocycles. The largest absolute Gasteiger partial charge is 0.484 e. The van der Waals surface area contributed by atoms with Crippen LogP contribution in [0.3, 0.4) is 0 Å². The SMILES string of the molecule is CS(=O)(=O)N1C[C@@H]2CC[C@H](C1)N(C(=O)COc1ccc3c(c1)OCO3)C2. The van der Waals surface area contributed by atoms with Gasteiger partial charge in [-0.2, -0.15) is 4.31 Å². The molecule has 26 heavy (non-hydrogen) atoms. The van der Waals surface area contributed by atoms with E-state index in [9.17, 15) is 13.2 Å². The van der Waals surface area contributed by atoms with Gasteiger partial charge in [0.05, 0.1) is 6.26 Å². The highest BCUT2D eigenvalue weighted by Crippen LogP contribution is 2.35. The molecule has 0 radical (unpaired) electrons. The third-order valence-corrected chi connectivity index (χ3v) is 6.41. The van der Waals surface area contributed by atoms with Crippen molar-refractivity contribution in [1.82, 2.24) is 9.21 Å². The Bertz CT molecular complexity index is 811. The number of amides is 1. The Morgan fingerprint density at radius 3 is 2.81 bits per heavy atom. The van der Waals surface area contributed by atoms with Crippen LogP contribution in [0, 0.1) is 5.92 Å². The van der Waals surface area contributed by atoms with Crippen LogP contribution in [0.4, 0.5) is 0 Å². The Morgan fingerprint density at radius 2 is 2.00 bits per heavy atom. The zero-order valence-electron chi connectivity index (χ0n) is 14.6. The molecule has 0 aliphatic carbocycles. The number of piperidine rings is 1. The number of hydrogen-bond donors (Lipinski definition) is 0. The maximum atomic E-state index is 12.7. The number of carbonyl (C=O) groups is 1. The second-order valence-corrected chi connectivity index (χ2v) is 9.01. The van der Waals surface area contributed by atoms with E-state index in [1.54, 1.807) is 23.1 Å². The van der Waals surface area contributed by atoms with Crippen LogP contribution >= 0.6 is 0 Å². The molecule has 0 unspecified atom stereocenters. The van der Waals surface area contributed by atoms with Gasteiger partial charge in [-0.25, -0.2) is 8.42 Å². The van der Waals surface area contributed by atoms with Crippen LogP contribution in [-0.4, -0.2) is 68.9 Å². The first-order valence-corrected chi connectivity index (χ1v) is 10.5. The lowest BCUT2D eigenvalue weighted by molar-refractivity contribution is -0.137. The Labute approximate surface area is 152 Å². The molecule has 1 amide bonds. The van der Waals surface area contributed by atoms with E-state index < -0.39 is 10.0 Å². The van der Waals surface area contributed by atoms with Crippen molar-refractivity contribution in [2.45, 2.75) is 18.9 Å². The van der Waals surface area contributed by atoms with E-state index in [0.717, 1.165) is 12.8 Å². The molecule has 8 nitrogen and oxygen atoms in total. The van der Waals surface area contributed by atoms with Gasteiger partial charge in [-0.15, -0.1) is 0 Å². The van der Waals surface area contributed by atoms with Crippen molar-refractivity contribution >= 4 is 15.9 Å². The Kier molecular flexibility index (Phi) is 4.44. The van der Waals surface area contributed by atoms with Crippen molar-refractivity contribution in [2.24, 2.45) is 5.92 Å². The maximum Gasteiger partial charge on any atom is 0.260 e. The normalized spacial score (nSPS) is 25.2. The summed E-state index contributed by atoms with van der Waals surface area (Å²) in [7, 11) is -3.25. The molecule has 9 heteroatoms. The molecule has 3 fully saturated rings. The second-order valence-electron chi connectivity index (χ2n) is 7.03. The van der Waals surface area contributed by atoms with E-state index in [4.69, 9.17) is 14.2 Å². The quantitative estimate of drug-likeness (QED) is 0.761. The third-order valence-electron chi connectivity index (χ3n) is 5.18. The van der Waals surface area contributed by atoms with Gasteiger partial charge >= 0.3 is 0 Å². The smallest absolute Gasteiger partial charge is 0.260 e. The number of nitrogens with zero attached hydrogens (tertiary/aromatic N) is 2. The summed E-state index contributed by atoms with van der Waals surface area (Å²) in [6, 6.07) is 5.10. The minimum atomic E-state index is -3.25. The van der Waals surface area contributed by atoms with Crippen molar-refractivity contribution in [3.05, 3.63) is 18.2 Å². The zero-order valence-corrected chi connectivity index (χ0v) is 15.4. The van der Waals surface area contributed by atoms with Gasteiger partial charge in [-0.05, 0) is 30.9 Å². The van der Waals surface area contributed by atoms with E-state index in [2.05, 4.69) is 0 Å². The van der Waals surface area contributed by atoms with Gasteiger partial charge in [-0.3, -0.25) is 4.79 Å². The highest BCUT2D eigenvalue weighted by Gasteiger charge is 2.39. The van der Waals surface area contributed by atoms with E-state index in [1.807, 2.05) is 0 Å². The minimum Gasteiger partial charge on any atom is -0.484 e. The van der Waals surface area contributed by atoms with E-state index in [-0.39, 0.29) is 31.3 Å². The van der Waals surface area contributed by atoms with Gasteiger partial charge in [0.15, 0.2) is 18.1 Å². The molecule has 0 saturated carbocycles. The number of benzene rings is 1. The summed E-state index contributed by atoms with van der Waals surface area (Å²) in [4.78, 5) is 14.5. The molecule has 5 rings (SSSR count). The molecule has 4 aliphatic rings. The fourth-order valence-corrected chi connectivity index (χ4v) is 4.73. The number of hydrogen-bond acceptors (Lipinski definition) is 6. The van der Waals surface area contributed by atoms with Crippen molar-refractivity contribution < 1.29 is 27.4 Å². The second kappa shape index (κ2) is 6.62. The summed E-state index contributed by atoms with van der Waals surface area (Å²) in [6.45, 7) is 1.54. The summed E-state index contributed by atoms with van der Waals surface area (Å²) >= 11 is 0. The van der Waals surface area contributed by atoms with Crippen LogP contribution in [-0.2, 0) is 14.8 Å². The zero-order chi connectivity index (χ0) is 18.3. The van der Waals surface area contributed by atoms with E-state index in [1.165, 1.54) is 10.6 Å². The van der Waals surface area contributed by atoms with Gasteiger partial charge in [-0.1, -0.05) is 0 Å². The summed E-state index contributed by atoms with van der Waals surface area (Å²) < 4.78 is 41.5. The number of carbonyl (C=O) groups excluding carboxylic acids is 1. The van der Waals surface area contributed by atoms with Crippen molar-refractivity contribution in [3.8, 4) is 17.2 Å². The van der Waals surface area contributed by atoms with Gasteiger partial charge in [0, 0.05) is 31.7 Å². The summed E-state index contributed by atoms with van der Waals surface area (Å²) in [6.07, 6.45) is 3.00. The molecule has 142 valence electrons. The fourth-order valence-electron chi connectivity index (χ4n) is 3.81. The molecule has 0 spiro atoms. The van der Waals surface area contributed by atoms with Crippen LogP contribution in [0.2, 0.25) is 0 Å². The molecule has 0 N–H and O–H groups in total. The summed E-state index contributed by atoms with van der Waals surface area (Å²) in [5, 5.41) is 0. The molecule has 0 aromatic heterocycles. The van der Waals surface area contributed by atoms with Gasteiger partial charge in [0.1, 0.15) is 5.75 Å². The number of ether oxygens (including phenoxy) is 3. The van der Waals surface area contributed by atoms with E-state index >= 15 is 0 Å². The predicted octanol–water partition coefficient (Wildman–Crippen LogP) is 0.677. The van der Waals surface area contributed by atoms with Crippen molar-refractivity contribution in [3.63, 3.8) is 0 Å². The molecule has 3 saturated heterocycles. The highest BCUT2D eigenvalue weighted by molar-refractivity contribution is 7.88. The fraction of sp³-hybridized carbons (Fsp3) is 0.588. The molecule has 1 aromatic rings. The molecule has 4 heterocycles. The monoisotopic (exact) mass is 382 g/mol. The Balaban J connectivity index is 1.40. The third kappa shape index (κ3) is 3.45. The Morgan fingerprint density at radius 1 is 1.19 bits per heavy atom. The average molecular weight is 382 g/mol. The van der Waals surface area contributed by atoms with Gasteiger partial charge in [0.25, 0.3) is 5.91 Å². The molecular weight excluding hydrogens is 360 g/mol. The molecule has 2 atom stereocenters. The first kappa shape index (κ1) is 17.4. The van der Waals surface area contributed by atoms with Crippen LogP contribution in [0.5, 0.6) is 17.2 Å². The van der Waals surface area contributed by atoms with Crippen LogP contribution < -0.4 is 14.2 Å². The molecular formula is C17H22N2O6S. The average Bonchev–Trinajstić information content (AvgIpc) is 2.85. The number of rotatable bonds is 4. The minimum absolute atomic E-state index is 0.0816. The van der Waals surface area contributed by atoms with Gasteiger partial charge < -0.3 is 19.1 Å². The topological polar surface area (TPSA) is 85.4 Å². The van der Waals surface area contributed by atoms with Crippen molar-refractivity contribution in [1.29, 1.82) is 0 Å². The van der Waals surface area contributed by atoms with Crippen LogP contribution in [0.25, 0.3) is 0 Å². The lowest BCUT2D eigenvalue weighted by Crippen LogP contribution is -2.49. The van der Waals surface area contributed by atoms with Crippen molar-refractivity contribution in [2.75, 3.05) is 39.3 Å². The predicted molar refractivity (Wildman–Crippen MR) is 92.7 cm³/mol. The highest BCUT2D eigenvalue weighted by atomic mass is 32.2. The standard InChI is InChI=1S/C17H22N2O6S/c1-26(21,22)18-7-12-2-3-13(9-18)19(8-12)17(20)10-23-14-4-5-15-16(6-14)25-11-24-15/h4-6,12-13H,2-3,7-11H2,1H3/t12-,13+/m0/s1. The summed E-state index contributed by atoms with van der Waals surface area (Å²) in [5.41, 5.74) is 0. The first-order valence-electron chi connectivity index (χ1n) is 8.67. The van der Waals surface area contributed by atoms with E-state index in [0.29, 0.717) is 36.9 Å². The molecule has 4 aliphatic heterocycles. The molecule has 2 bridgehead atoms. The van der Waals surface area contributed by atoms with Crippen LogP contribution in [0.1, 0.15) is 12.8 Å². The number of sulfonamides is 1. The lowest BCUT2D eigenvalue weighted by atomic mass is 9.95.